The van der Waals surface area contributed by atoms with Gasteiger partial charge in [0, 0.05) is 41.6 Å². The van der Waals surface area contributed by atoms with Crippen molar-refractivity contribution in [1.82, 2.24) is 5.32 Å². The highest BCUT2D eigenvalue weighted by molar-refractivity contribution is 14.1. The van der Waals surface area contributed by atoms with E-state index in [0.29, 0.717) is 36.6 Å². The number of morpholine rings is 1. The maximum absolute atomic E-state index is 13.8. The molecular weight excluding hydrogens is 613 g/mol. The molecule has 208 valence electrons. The lowest BCUT2D eigenvalue weighted by molar-refractivity contribution is -0.113. The number of amides is 2. The molecule has 1 heterocycles. The van der Waals surface area contributed by atoms with Gasteiger partial charge in [0.05, 0.1) is 47.5 Å². The van der Waals surface area contributed by atoms with Gasteiger partial charge in [0.15, 0.2) is 0 Å². The Labute approximate surface area is 251 Å². The zero-order valence-electron chi connectivity index (χ0n) is 23.2. The Bertz CT molecular complexity index is 1390. The van der Waals surface area contributed by atoms with E-state index in [1.54, 1.807) is 3.11 Å². The van der Waals surface area contributed by atoms with Gasteiger partial charge in [-0.15, -0.1) is 0 Å². The fraction of sp³-hybridized carbons (Fsp3) is 0.333. The number of carbonyl (C=O) groups excluding carboxylic acids is 2. The Balaban J connectivity index is 1.44. The lowest BCUT2D eigenvalue weighted by Crippen LogP contribution is -2.50. The van der Waals surface area contributed by atoms with E-state index in [9.17, 15) is 9.59 Å². The Morgan fingerprint density at radius 1 is 1.00 bits per heavy atom. The number of nitrogens with zero attached hydrogens (tertiary/aromatic N) is 2. The number of ether oxygens (including phenoxy) is 1. The number of rotatable bonds is 7. The zero-order chi connectivity index (χ0) is 28.2. The number of nitrogens with one attached hydrogen (secondary N) is 1. The number of benzene rings is 2. The van der Waals surface area contributed by atoms with E-state index in [0.717, 1.165) is 17.7 Å². The summed E-state index contributed by atoms with van der Waals surface area (Å²) in [5.74, 6) is 0.163. The molecule has 0 spiro atoms. The second-order valence-electron chi connectivity index (χ2n) is 10.7. The molecule has 0 bridgehead atoms. The van der Waals surface area contributed by atoms with Gasteiger partial charge in [-0.25, -0.2) is 3.11 Å². The largest absolute Gasteiger partial charge is 0.377 e. The number of halogens is 1. The molecule has 1 fully saturated rings. The maximum atomic E-state index is 13.8. The second kappa shape index (κ2) is 12.6. The molecule has 4 unspecified atom stereocenters. The minimum Gasteiger partial charge on any atom is -0.377 e. The fourth-order valence-corrected chi connectivity index (χ4v) is 6.27. The van der Waals surface area contributed by atoms with E-state index in [1.807, 2.05) is 54.6 Å². The minimum absolute atomic E-state index is 0.109. The van der Waals surface area contributed by atoms with Gasteiger partial charge in [0.1, 0.15) is 0 Å². The molecule has 7 heteroatoms. The van der Waals surface area contributed by atoms with E-state index in [-0.39, 0.29) is 35.7 Å². The molecule has 2 aromatic carbocycles. The van der Waals surface area contributed by atoms with E-state index in [2.05, 4.69) is 84.2 Å². The van der Waals surface area contributed by atoms with Crippen molar-refractivity contribution in [3.05, 3.63) is 107 Å². The summed E-state index contributed by atoms with van der Waals surface area (Å²) in [6.07, 6.45) is 15.4. The molecule has 5 rings (SSSR count). The van der Waals surface area contributed by atoms with Crippen LogP contribution in [0.15, 0.2) is 90.6 Å². The molecule has 40 heavy (non-hydrogen) atoms. The van der Waals surface area contributed by atoms with Crippen molar-refractivity contribution in [1.29, 1.82) is 0 Å². The summed E-state index contributed by atoms with van der Waals surface area (Å²) >= 11 is 2.09. The number of anilines is 2. The van der Waals surface area contributed by atoms with Crippen molar-refractivity contribution in [2.24, 2.45) is 11.8 Å². The molecule has 2 aromatic rings. The smallest absolute Gasteiger partial charge is 0.266 e. The van der Waals surface area contributed by atoms with E-state index in [4.69, 9.17) is 4.74 Å². The molecule has 6 nitrogen and oxygen atoms in total. The van der Waals surface area contributed by atoms with Crippen LogP contribution in [-0.2, 0) is 22.5 Å². The third-order valence-electron chi connectivity index (χ3n) is 7.77. The molecule has 2 amide bonds. The molecule has 1 saturated heterocycles. The summed E-state index contributed by atoms with van der Waals surface area (Å²) in [4.78, 5) is 29.4. The first kappa shape index (κ1) is 28.4. The van der Waals surface area contributed by atoms with Crippen molar-refractivity contribution in [3.8, 4) is 0 Å². The van der Waals surface area contributed by atoms with Crippen LogP contribution in [0, 0.1) is 11.8 Å². The Morgan fingerprint density at radius 2 is 1.73 bits per heavy atom. The van der Waals surface area contributed by atoms with Crippen LogP contribution in [0.2, 0.25) is 0 Å². The molecular formula is C33H36IN3O3. The summed E-state index contributed by atoms with van der Waals surface area (Å²) in [6.45, 7) is 8.02. The fourth-order valence-electron chi connectivity index (χ4n) is 5.61. The Morgan fingerprint density at radius 3 is 2.48 bits per heavy atom. The highest BCUT2D eigenvalue weighted by atomic mass is 127. The average molecular weight is 650 g/mol. The van der Waals surface area contributed by atoms with Crippen molar-refractivity contribution in [2.75, 3.05) is 21.2 Å². The van der Waals surface area contributed by atoms with Gasteiger partial charge in [-0.3, -0.25) is 9.59 Å². The number of hydrogen-bond donors (Lipinski definition) is 1. The maximum Gasteiger partial charge on any atom is 0.266 e. The van der Waals surface area contributed by atoms with Gasteiger partial charge < -0.3 is 15.0 Å². The van der Waals surface area contributed by atoms with E-state index >= 15 is 0 Å². The summed E-state index contributed by atoms with van der Waals surface area (Å²) in [5.41, 5.74) is 5.08. The number of aryl methyl sites for hydroxylation is 1. The zero-order valence-corrected chi connectivity index (χ0v) is 25.4. The highest BCUT2D eigenvalue weighted by Crippen LogP contribution is 2.38. The quantitative estimate of drug-likeness (QED) is 0.282. The van der Waals surface area contributed by atoms with Crippen LogP contribution in [0.5, 0.6) is 0 Å². The molecule has 2 aliphatic carbocycles. The van der Waals surface area contributed by atoms with E-state index in [1.165, 1.54) is 5.56 Å². The number of carbonyl (C=O) groups is 2. The van der Waals surface area contributed by atoms with Crippen molar-refractivity contribution >= 4 is 46.1 Å². The van der Waals surface area contributed by atoms with Crippen LogP contribution in [0.1, 0.15) is 42.3 Å². The van der Waals surface area contributed by atoms with Crippen LogP contribution in [-0.4, -0.2) is 37.1 Å². The number of allylic oxidation sites excluding steroid dienone is 6. The number of fused-ring (bicyclic) bond motifs is 1. The molecule has 0 aromatic heterocycles. The Hall–Kier alpha value is -3.17. The van der Waals surface area contributed by atoms with E-state index < -0.39 is 0 Å². The SMILES string of the molecule is CCc1cccc(CNC(=O)c2ccc(N3C(C)COCC3C)c(N(I)C(=O)C3=CC4C=CC=CC4C=C3)c2)c1. The first-order valence-corrected chi connectivity index (χ1v) is 14.9. The summed E-state index contributed by atoms with van der Waals surface area (Å²) < 4.78 is 7.43. The molecule has 1 aliphatic heterocycles. The summed E-state index contributed by atoms with van der Waals surface area (Å²) in [5, 5.41) is 3.06. The van der Waals surface area contributed by atoms with Crippen LogP contribution < -0.4 is 13.3 Å². The second-order valence-corrected chi connectivity index (χ2v) is 11.7. The molecule has 1 N–H and O–H groups in total. The topological polar surface area (TPSA) is 61.9 Å². The molecule has 3 aliphatic rings. The summed E-state index contributed by atoms with van der Waals surface area (Å²) in [7, 11) is 0. The third-order valence-corrected chi connectivity index (χ3v) is 8.72. The normalized spacial score (nSPS) is 23.4. The van der Waals surface area contributed by atoms with Gasteiger partial charge in [0.2, 0.25) is 0 Å². The van der Waals surface area contributed by atoms with Gasteiger partial charge in [-0.1, -0.05) is 73.7 Å². The molecule has 4 atom stereocenters. The molecule has 0 saturated carbocycles. The number of hydrogen-bond acceptors (Lipinski definition) is 4. The van der Waals surface area contributed by atoms with Gasteiger partial charge in [-0.2, -0.15) is 0 Å². The first-order chi connectivity index (χ1) is 19.4. The predicted octanol–water partition coefficient (Wildman–Crippen LogP) is 6.33. The lowest BCUT2D eigenvalue weighted by Gasteiger charge is -2.42. The highest BCUT2D eigenvalue weighted by Gasteiger charge is 2.31. The van der Waals surface area contributed by atoms with Gasteiger partial charge in [-0.05, 0) is 49.6 Å². The minimum atomic E-state index is -0.172. The van der Waals surface area contributed by atoms with Gasteiger partial charge >= 0.3 is 0 Å². The van der Waals surface area contributed by atoms with Gasteiger partial charge in [0.25, 0.3) is 11.8 Å². The monoisotopic (exact) mass is 649 g/mol. The first-order valence-electron chi connectivity index (χ1n) is 14.0. The van der Waals surface area contributed by atoms with Crippen molar-refractivity contribution in [3.63, 3.8) is 0 Å². The van der Waals surface area contributed by atoms with Crippen LogP contribution >= 0.6 is 22.9 Å². The van der Waals surface area contributed by atoms with Crippen molar-refractivity contribution < 1.29 is 14.3 Å². The Kier molecular flexibility index (Phi) is 8.90. The van der Waals surface area contributed by atoms with Crippen molar-refractivity contribution in [2.45, 2.75) is 45.8 Å². The third kappa shape index (κ3) is 6.10. The summed E-state index contributed by atoms with van der Waals surface area (Å²) in [6, 6.07) is 14.2. The van der Waals surface area contributed by atoms with Crippen LogP contribution in [0.3, 0.4) is 0 Å². The standard InChI is InChI=1S/C33H36IN3O3/c1-4-24-8-7-9-25(16-24)19-35-32(38)28-14-15-30(36-22(2)20-40-21-23(36)3)31(18-28)37(34)33(39)29-13-12-26-10-5-6-11-27(26)17-29/h5-18,22-23,26-27H,4,19-21H2,1-3H3,(H,35,38). The van der Waals surface area contributed by atoms with Crippen LogP contribution in [0.4, 0.5) is 11.4 Å². The average Bonchev–Trinajstić information content (AvgIpc) is 2.99. The predicted molar refractivity (Wildman–Crippen MR) is 170 cm³/mol. The molecule has 0 radical (unpaired) electrons. The lowest BCUT2D eigenvalue weighted by atomic mass is 9.83. The van der Waals surface area contributed by atoms with Crippen LogP contribution in [0.25, 0.3) is 0 Å².